The van der Waals surface area contributed by atoms with Crippen molar-refractivity contribution < 1.29 is 9.57 Å². The van der Waals surface area contributed by atoms with Gasteiger partial charge in [0.2, 0.25) is 0 Å². The first-order valence-electron chi connectivity index (χ1n) is 10.9. The second-order valence-electron chi connectivity index (χ2n) is 8.43. The molecule has 33 heavy (non-hydrogen) atoms. The van der Waals surface area contributed by atoms with Crippen molar-refractivity contribution in [3.05, 3.63) is 108 Å². The first-order valence-corrected chi connectivity index (χ1v) is 11.7. The number of hydrogen-bond acceptors (Lipinski definition) is 4. The second kappa shape index (κ2) is 9.24. The number of imidazole rings is 1. The first kappa shape index (κ1) is 21.5. The average molecular weight is 502 g/mol. The number of ether oxygens (including phenoxy) is 1. The van der Waals surface area contributed by atoms with E-state index in [2.05, 4.69) is 79.2 Å². The van der Waals surface area contributed by atoms with Crippen LogP contribution in [0.15, 0.2) is 107 Å². The summed E-state index contributed by atoms with van der Waals surface area (Å²) in [7, 11) is 0. The van der Waals surface area contributed by atoms with E-state index in [-0.39, 0.29) is 6.04 Å². The molecule has 0 saturated heterocycles. The van der Waals surface area contributed by atoms with Crippen LogP contribution in [0.25, 0.3) is 11.1 Å². The smallest absolute Gasteiger partial charge is 0.171 e. The van der Waals surface area contributed by atoms with Crippen molar-refractivity contribution in [2.75, 3.05) is 6.61 Å². The van der Waals surface area contributed by atoms with Gasteiger partial charge in [0, 0.05) is 28.9 Å². The zero-order chi connectivity index (χ0) is 22.7. The molecule has 1 aliphatic rings. The fraction of sp³-hybridized carbons (Fsp3) is 0.185. The Morgan fingerprint density at radius 3 is 2.30 bits per heavy atom. The van der Waals surface area contributed by atoms with Crippen LogP contribution < -0.4 is 4.74 Å². The average Bonchev–Trinajstić information content (AvgIpc) is 3.39. The molecule has 0 N–H and O–H groups in total. The van der Waals surface area contributed by atoms with Gasteiger partial charge in [0.15, 0.2) is 5.60 Å². The zero-order valence-corrected chi connectivity index (χ0v) is 19.9. The second-order valence-corrected chi connectivity index (χ2v) is 9.35. The maximum absolute atomic E-state index is 6.03. The first-order chi connectivity index (χ1) is 16.1. The van der Waals surface area contributed by atoms with Crippen LogP contribution in [0.2, 0.25) is 0 Å². The summed E-state index contributed by atoms with van der Waals surface area (Å²) in [6.45, 7) is 2.44. The van der Waals surface area contributed by atoms with E-state index in [9.17, 15) is 0 Å². The van der Waals surface area contributed by atoms with Crippen LogP contribution in [0, 0.1) is 0 Å². The molecule has 4 aromatic rings. The molecule has 2 heterocycles. The minimum absolute atomic E-state index is 0.0100. The summed E-state index contributed by atoms with van der Waals surface area (Å²) in [5, 5.41) is 4.60. The van der Waals surface area contributed by atoms with Crippen molar-refractivity contribution >= 4 is 21.6 Å². The summed E-state index contributed by atoms with van der Waals surface area (Å²) < 4.78 is 9.16. The largest absolute Gasteiger partial charge is 0.489 e. The van der Waals surface area contributed by atoms with E-state index in [1.807, 2.05) is 49.8 Å². The Labute approximate surface area is 201 Å². The van der Waals surface area contributed by atoms with Crippen molar-refractivity contribution in [2.24, 2.45) is 5.16 Å². The number of rotatable bonds is 6. The van der Waals surface area contributed by atoms with Gasteiger partial charge < -0.3 is 14.1 Å². The number of oxime groups is 1. The van der Waals surface area contributed by atoms with Gasteiger partial charge in [-0.15, -0.1) is 0 Å². The summed E-state index contributed by atoms with van der Waals surface area (Å²) in [5.41, 5.74) is 3.67. The van der Waals surface area contributed by atoms with E-state index in [0.29, 0.717) is 13.0 Å². The Balaban J connectivity index is 1.40. The van der Waals surface area contributed by atoms with Gasteiger partial charge in [0.25, 0.3) is 0 Å². The van der Waals surface area contributed by atoms with Gasteiger partial charge in [0.05, 0.1) is 12.4 Å². The minimum Gasteiger partial charge on any atom is -0.489 e. The maximum Gasteiger partial charge on any atom is 0.171 e. The Hall–Kier alpha value is -3.38. The number of hydrogen-bond donors (Lipinski definition) is 0. The highest BCUT2D eigenvalue weighted by atomic mass is 79.9. The van der Waals surface area contributed by atoms with E-state index in [4.69, 9.17) is 9.57 Å². The molecule has 5 rings (SSSR count). The van der Waals surface area contributed by atoms with Gasteiger partial charge in [-0.1, -0.05) is 75.7 Å². The van der Waals surface area contributed by atoms with Crippen molar-refractivity contribution in [1.82, 2.24) is 9.55 Å². The molecule has 0 spiro atoms. The summed E-state index contributed by atoms with van der Waals surface area (Å²) in [5.74, 6) is 0.819. The fourth-order valence-corrected chi connectivity index (χ4v) is 4.29. The number of nitrogens with zero attached hydrogens (tertiary/aromatic N) is 3. The predicted octanol–water partition coefficient (Wildman–Crippen LogP) is 6.52. The fourth-order valence-electron chi connectivity index (χ4n) is 4.02. The van der Waals surface area contributed by atoms with Crippen molar-refractivity contribution in [3.8, 4) is 16.9 Å². The quantitative estimate of drug-likeness (QED) is 0.302. The van der Waals surface area contributed by atoms with E-state index < -0.39 is 5.60 Å². The number of halogens is 1. The Morgan fingerprint density at radius 1 is 0.970 bits per heavy atom. The van der Waals surface area contributed by atoms with E-state index in [1.54, 1.807) is 6.20 Å². The molecule has 1 aromatic heterocycles. The molecule has 0 aliphatic carbocycles. The summed E-state index contributed by atoms with van der Waals surface area (Å²) in [6, 6.07) is 26.5. The highest BCUT2D eigenvalue weighted by Gasteiger charge is 2.39. The molecule has 0 bridgehead atoms. The minimum atomic E-state index is -0.564. The van der Waals surface area contributed by atoms with E-state index in [0.717, 1.165) is 27.1 Å². The van der Waals surface area contributed by atoms with Gasteiger partial charge in [-0.3, -0.25) is 0 Å². The molecular formula is C27H24BrN3O2. The van der Waals surface area contributed by atoms with Gasteiger partial charge in [0.1, 0.15) is 18.1 Å². The summed E-state index contributed by atoms with van der Waals surface area (Å²) in [6.07, 6.45) is 6.31. The van der Waals surface area contributed by atoms with Gasteiger partial charge >= 0.3 is 0 Å². The van der Waals surface area contributed by atoms with Gasteiger partial charge in [-0.05, 0) is 42.3 Å². The van der Waals surface area contributed by atoms with E-state index >= 15 is 0 Å². The van der Waals surface area contributed by atoms with Crippen LogP contribution >= 0.6 is 15.9 Å². The van der Waals surface area contributed by atoms with E-state index in [1.165, 1.54) is 5.56 Å². The molecule has 2 atom stereocenters. The molecule has 0 fully saturated rings. The lowest BCUT2D eigenvalue weighted by Crippen LogP contribution is -2.42. The number of para-hydroxylation sites is 1. The topological polar surface area (TPSA) is 48.6 Å². The standard InChI is InChI=1S/C27H24BrN3O2/c1-27(18-32-24-5-3-2-4-6-24)17-25(31-16-15-29-19-31)26(30-33-27)22-9-7-20(8-10-22)21-11-13-23(28)14-12-21/h2-16,19,25H,17-18H2,1H3. The van der Waals surface area contributed by atoms with Crippen LogP contribution in [-0.4, -0.2) is 27.5 Å². The Kier molecular flexibility index (Phi) is 6.01. The number of benzene rings is 3. The molecule has 0 amide bonds. The van der Waals surface area contributed by atoms with Gasteiger partial charge in [-0.2, -0.15) is 0 Å². The summed E-state index contributed by atoms with van der Waals surface area (Å²) >= 11 is 3.49. The molecule has 5 nitrogen and oxygen atoms in total. The van der Waals surface area contributed by atoms with Crippen LogP contribution in [0.5, 0.6) is 5.75 Å². The zero-order valence-electron chi connectivity index (χ0n) is 18.3. The predicted molar refractivity (Wildman–Crippen MR) is 133 cm³/mol. The normalized spacial score (nSPS) is 20.1. The van der Waals surface area contributed by atoms with Crippen molar-refractivity contribution in [2.45, 2.75) is 25.0 Å². The third kappa shape index (κ3) is 4.86. The van der Waals surface area contributed by atoms with Crippen LogP contribution in [-0.2, 0) is 4.84 Å². The van der Waals surface area contributed by atoms with Crippen LogP contribution in [0.1, 0.15) is 24.9 Å². The van der Waals surface area contributed by atoms with Gasteiger partial charge in [-0.25, -0.2) is 4.98 Å². The maximum atomic E-state index is 6.03. The molecular weight excluding hydrogens is 478 g/mol. The lowest BCUT2D eigenvalue weighted by atomic mass is 9.90. The van der Waals surface area contributed by atoms with Crippen LogP contribution in [0.4, 0.5) is 0 Å². The van der Waals surface area contributed by atoms with Crippen molar-refractivity contribution in [3.63, 3.8) is 0 Å². The monoisotopic (exact) mass is 501 g/mol. The number of aromatic nitrogens is 2. The SMILES string of the molecule is CC1(COc2ccccc2)CC(n2ccnc2)C(c2ccc(-c3ccc(Br)cc3)cc2)=NO1. The third-order valence-electron chi connectivity index (χ3n) is 5.84. The highest BCUT2D eigenvalue weighted by molar-refractivity contribution is 9.10. The lowest BCUT2D eigenvalue weighted by molar-refractivity contribution is -0.0781. The van der Waals surface area contributed by atoms with Crippen molar-refractivity contribution in [1.29, 1.82) is 0 Å². The molecule has 166 valence electrons. The molecule has 3 aromatic carbocycles. The Morgan fingerprint density at radius 2 is 1.64 bits per heavy atom. The highest BCUT2D eigenvalue weighted by Crippen LogP contribution is 2.34. The van der Waals surface area contributed by atoms with Crippen LogP contribution in [0.3, 0.4) is 0 Å². The molecule has 2 unspecified atom stereocenters. The lowest BCUT2D eigenvalue weighted by Gasteiger charge is -2.36. The molecule has 0 radical (unpaired) electrons. The molecule has 6 heteroatoms. The summed E-state index contributed by atoms with van der Waals surface area (Å²) in [4.78, 5) is 10.3. The Bertz CT molecular complexity index is 1220. The molecule has 1 aliphatic heterocycles. The molecule has 0 saturated carbocycles. The third-order valence-corrected chi connectivity index (χ3v) is 6.36.